The molecular weight excluding hydrogens is 416 g/mol. The Kier molecular flexibility index (Phi) is 6.11. The lowest BCUT2D eigenvalue weighted by Gasteiger charge is -2.31. The lowest BCUT2D eigenvalue weighted by Crippen LogP contribution is -2.47. The molecule has 32 heavy (non-hydrogen) atoms. The van der Waals surface area contributed by atoms with Crippen molar-refractivity contribution < 1.29 is 24.0 Å². The summed E-state index contributed by atoms with van der Waals surface area (Å²) in [6.07, 6.45) is 0.789. The van der Waals surface area contributed by atoms with Gasteiger partial charge in [0, 0.05) is 44.0 Å². The summed E-state index contributed by atoms with van der Waals surface area (Å²) in [5, 5.41) is 11.1. The average molecular weight is 440 g/mol. The first kappa shape index (κ1) is 21.4. The predicted molar refractivity (Wildman–Crippen MR) is 117 cm³/mol. The molecule has 4 rings (SSSR count). The normalized spacial score (nSPS) is 16.2. The van der Waals surface area contributed by atoms with Crippen LogP contribution in [0.4, 0.5) is 17.1 Å². The lowest BCUT2D eigenvalue weighted by atomic mass is 10.2. The van der Waals surface area contributed by atoms with Crippen LogP contribution in [0.25, 0.3) is 0 Å². The number of fused-ring (bicyclic) bond motifs is 1. The van der Waals surface area contributed by atoms with Gasteiger partial charge in [-0.2, -0.15) is 0 Å². The number of hydrogen-bond acceptors (Lipinski definition) is 7. The van der Waals surface area contributed by atoms with Gasteiger partial charge >= 0.3 is 0 Å². The van der Waals surface area contributed by atoms with E-state index in [9.17, 15) is 19.7 Å². The lowest BCUT2D eigenvalue weighted by molar-refractivity contribution is -0.384. The van der Waals surface area contributed by atoms with E-state index < -0.39 is 10.8 Å². The Bertz CT molecular complexity index is 1030. The standard InChI is InChI=1S/C22H24N4O6/c1-31-18-6-3-16(4-7-18)23-9-2-10-24(12-11-23)21(27)14-25-19-13-17(26(29)30)5-8-20(19)32-15-22(25)28/h3-8,13H,2,9-12,14-15H2,1H3. The Morgan fingerprint density at radius 1 is 1.12 bits per heavy atom. The number of rotatable bonds is 5. The number of carbonyl (C=O) groups is 2. The topological polar surface area (TPSA) is 105 Å². The summed E-state index contributed by atoms with van der Waals surface area (Å²) in [4.78, 5) is 41.3. The molecule has 0 bridgehead atoms. The summed E-state index contributed by atoms with van der Waals surface area (Å²) in [6, 6.07) is 11.8. The molecule has 0 saturated carbocycles. The van der Waals surface area contributed by atoms with E-state index in [1.807, 2.05) is 24.3 Å². The van der Waals surface area contributed by atoms with Crippen LogP contribution in [0.1, 0.15) is 6.42 Å². The maximum absolute atomic E-state index is 13.0. The van der Waals surface area contributed by atoms with Gasteiger partial charge in [0.2, 0.25) is 5.91 Å². The van der Waals surface area contributed by atoms with Crippen LogP contribution in [0.2, 0.25) is 0 Å². The number of amides is 2. The largest absolute Gasteiger partial charge is 0.497 e. The van der Waals surface area contributed by atoms with Gasteiger partial charge in [-0.1, -0.05) is 0 Å². The fraction of sp³-hybridized carbons (Fsp3) is 0.364. The minimum atomic E-state index is -0.540. The molecule has 2 amide bonds. The molecule has 10 heteroatoms. The highest BCUT2D eigenvalue weighted by molar-refractivity contribution is 6.02. The number of non-ortho nitro benzene ring substituents is 1. The van der Waals surface area contributed by atoms with Crippen LogP contribution in [0, 0.1) is 10.1 Å². The van der Waals surface area contributed by atoms with Gasteiger partial charge in [0.15, 0.2) is 6.61 Å². The minimum absolute atomic E-state index is 0.163. The number of anilines is 2. The van der Waals surface area contributed by atoms with Gasteiger partial charge in [-0.15, -0.1) is 0 Å². The van der Waals surface area contributed by atoms with Crippen molar-refractivity contribution in [3.63, 3.8) is 0 Å². The molecule has 0 spiro atoms. The van der Waals surface area contributed by atoms with Gasteiger partial charge in [-0.05, 0) is 36.8 Å². The predicted octanol–water partition coefficient (Wildman–Crippen LogP) is 2.07. The summed E-state index contributed by atoms with van der Waals surface area (Å²) >= 11 is 0. The van der Waals surface area contributed by atoms with Crippen LogP contribution >= 0.6 is 0 Å². The number of nitrogens with zero attached hydrogens (tertiary/aromatic N) is 4. The van der Waals surface area contributed by atoms with E-state index in [1.54, 1.807) is 12.0 Å². The van der Waals surface area contributed by atoms with Gasteiger partial charge in [-0.3, -0.25) is 24.6 Å². The molecule has 0 radical (unpaired) electrons. The molecule has 0 unspecified atom stereocenters. The fourth-order valence-corrected chi connectivity index (χ4v) is 3.93. The van der Waals surface area contributed by atoms with Crippen LogP contribution in [0.15, 0.2) is 42.5 Å². The average Bonchev–Trinajstić information content (AvgIpc) is 3.07. The zero-order valence-electron chi connectivity index (χ0n) is 17.7. The quantitative estimate of drug-likeness (QED) is 0.518. The first-order valence-electron chi connectivity index (χ1n) is 10.3. The third kappa shape index (κ3) is 4.43. The number of carbonyl (C=O) groups excluding carboxylic acids is 2. The number of nitro benzene ring substituents is 1. The van der Waals surface area contributed by atoms with Crippen molar-refractivity contribution in [2.75, 3.05) is 56.2 Å². The summed E-state index contributed by atoms with van der Waals surface area (Å²) in [7, 11) is 1.63. The summed E-state index contributed by atoms with van der Waals surface area (Å²) in [5.74, 6) is 0.538. The van der Waals surface area contributed by atoms with Crippen molar-refractivity contribution in [3.8, 4) is 11.5 Å². The third-order valence-electron chi connectivity index (χ3n) is 5.68. The van der Waals surface area contributed by atoms with Crippen LogP contribution in [-0.2, 0) is 9.59 Å². The van der Waals surface area contributed by atoms with Crippen molar-refractivity contribution in [3.05, 3.63) is 52.6 Å². The van der Waals surface area contributed by atoms with E-state index in [0.717, 1.165) is 24.4 Å². The molecule has 2 aromatic carbocycles. The Morgan fingerprint density at radius 2 is 1.91 bits per heavy atom. The maximum atomic E-state index is 13.0. The second-order valence-electron chi connectivity index (χ2n) is 7.60. The molecule has 2 heterocycles. The molecular formula is C22H24N4O6. The van der Waals surface area contributed by atoms with Gasteiger partial charge in [0.05, 0.1) is 17.7 Å². The summed E-state index contributed by atoms with van der Waals surface area (Å²) < 4.78 is 10.6. The van der Waals surface area contributed by atoms with Gasteiger partial charge < -0.3 is 19.3 Å². The van der Waals surface area contributed by atoms with Gasteiger partial charge in [0.25, 0.3) is 11.6 Å². The zero-order valence-corrected chi connectivity index (χ0v) is 17.7. The van der Waals surface area contributed by atoms with Crippen LogP contribution < -0.4 is 19.3 Å². The Hall–Kier alpha value is -3.82. The second-order valence-corrected chi connectivity index (χ2v) is 7.60. The molecule has 0 aliphatic carbocycles. The maximum Gasteiger partial charge on any atom is 0.271 e. The number of nitro groups is 1. The highest BCUT2D eigenvalue weighted by atomic mass is 16.6. The van der Waals surface area contributed by atoms with Crippen molar-refractivity contribution in [1.82, 2.24) is 4.90 Å². The van der Waals surface area contributed by atoms with Crippen LogP contribution in [-0.4, -0.2) is 68.1 Å². The molecule has 1 fully saturated rings. The van der Waals surface area contributed by atoms with E-state index in [2.05, 4.69) is 4.90 Å². The molecule has 2 aliphatic rings. The van der Waals surface area contributed by atoms with Crippen LogP contribution in [0.5, 0.6) is 11.5 Å². The van der Waals surface area contributed by atoms with E-state index in [-0.39, 0.29) is 30.4 Å². The molecule has 2 aromatic rings. The molecule has 0 N–H and O–H groups in total. The summed E-state index contributed by atoms with van der Waals surface area (Å²) in [6.45, 7) is 2.18. The monoisotopic (exact) mass is 440 g/mol. The number of benzene rings is 2. The van der Waals surface area contributed by atoms with Gasteiger partial charge in [0.1, 0.15) is 18.0 Å². The molecule has 2 aliphatic heterocycles. The smallest absolute Gasteiger partial charge is 0.271 e. The number of ether oxygens (including phenoxy) is 2. The van der Waals surface area contributed by atoms with E-state index in [0.29, 0.717) is 25.4 Å². The summed E-state index contributed by atoms with van der Waals surface area (Å²) in [5.41, 5.74) is 1.15. The molecule has 1 saturated heterocycles. The van der Waals surface area contributed by atoms with Gasteiger partial charge in [-0.25, -0.2) is 0 Å². The Morgan fingerprint density at radius 3 is 2.62 bits per heavy atom. The second kappa shape index (κ2) is 9.13. The number of methoxy groups -OCH3 is 1. The van der Waals surface area contributed by atoms with Crippen molar-refractivity contribution in [1.29, 1.82) is 0 Å². The van der Waals surface area contributed by atoms with Crippen LogP contribution in [0.3, 0.4) is 0 Å². The van der Waals surface area contributed by atoms with Crippen molar-refractivity contribution in [2.45, 2.75) is 6.42 Å². The first-order chi connectivity index (χ1) is 15.5. The Labute approximate surface area is 185 Å². The van der Waals surface area contributed by atoms with Crippen molar-refractivity contribution in [2.24, 2.45) is 0 Å². The highest BCUT2D eigenvalue weighted by Gasteiger charge is 2.31. The third-order valence-corrected chi connectivity index (χ3v) is 5.68. The fourth-order valence-electron chi connectivity index (χ4n) is 3.93. The molecule has 0 atom stereocenters. The molecule has 0 aromatic heterocycles. The Balaban J connectivity index is 1.44. The number of hydrogen-bond donors (Lipinski definition) is 0. The highest BCUT2D eigenvalue weighted by Crippen LogP contribution is 2.35. The van der Waals surface area contributed by atoms with E-state index in [1.165, 1.54) is 23.1 Å². The minimum Gasteiger partial charge on any atom is -0.497 e. The molecule has 168 valence electrons. The zero-order chi connectivity index (χ0) is 22.7. The van der Waals surface area contributed by atoms with E-state index in [4.69, 9.17) is 9.47 Å². The van der Waals surface area contributed by atoms with Crippen molar-refractivity contribution >= 4 is 28.9 Å². The first-order valence-corrected chi connectivity index (χ1v) is 10.3. The molecule has 10 nitrogen and oxygen atoms in total. The SMILES string of the molecule is COc1ccc(N2CCCN(C(=O)CN3C(=O)COc4ccc([N+](=O)[O-])cc43)CC2)cc1. The van der Waals surface area contributed by atoms with E-state index >= 15 is 0 Å².